The van der Waals surface area contributed by atoms with Crippen LogP contribution in [0.25, 0.3) is 6.08 Å². The summed E-state index contributed by atoms with van der Waals surface area (Å²) in [5, 5.41) is 0. The minimum atomic E-state index is -0.312. The molecule has 3 aromatic carbocycles. The number of rotatable bonds is 4. The molecular formula is C22H15FO3. The first kappa shape index (κ1) is 16.1. The summed E-state index contributed by atoms with van der Waals surface area (Å²) in [5.41, 5.74) is 1.85. The maximum absolute atomic E-state index is 13.7. The fourth-order valence-corrected chi connectivity index (χ4v) is 2.73. The Labute approximate surface area is 150 Å². The topological polar surface area (TPSA) is 35.5 Å². The van der Waals surface area contributed by atoms with Gasteiger partial charge in [0, 0.05) is 11.6 Å². The van der Waals surface area contributed by atoms with Gasteiger partial charge in [0.25, 0.3) is 0 Å². The molecule has 4 rings (SSSR count). The van der Waals surface area contributed by atoms with Gasteiger partial charge in [-0.2, -0.15) is 0 Å². The molecular weight excluding hydrogens is 331 g/mol. The van der Waals surface area contributed by atoms with Crippen molar-refractivity contribution in [2.24, 2.45) is 0 Å². The first-order chi connectivity index (χ1) is 12.7. The summed E-state index contributed by atoms with van der Waals surface area (Å²) < 4.78 is 25.0. The molecule has 0 saturated heterocycles. The fraction of sp³-hybridized carbons (Fsp3) is 0.0455. The maximum atomic E-state index is 13.7. The van der Waals surface area contributed by atoms with E-state index in [2.05, 4.69) is 0 Å². The van der Waals surface area contributed by atoms with E-state index in [0.29, 0.717) is 22.6 Å². The summed E-state index contributed by atoms with van der Waals surface area (Å²) in [4.78, 5) is 12.5. The number of hydrogen-bond donors (Lipinski definition) is 0. The number of allylic oxidation sites excluding steroid dienone is 1. The largest absolute Gasteiger partial charge is 0.489 e. The zero-order valence-electron chi connectivity index (χ0n) is 13.8. The van der Waals surface area contributed by atoms with Crippen LogP contribution in [0.15, 0.2) is 78.6 Å². The van der Waals surface area contributed by atoms with Gasteiger partial charge in [0.2, 0.25) is 5.78 Å². The minimum absolute atomic E-state index is 0.103. The smallest absolute Gasteiger partial charge is 0.231 e. The molecule has 3 aromatic rings. The second-order valence-electron chi connectivity index (χ2n) is 5.89. The van der Waals surface area contributed by atoms with Crippen molar-refractivity contribution in [3.63, 3.8) is 0 Å². The molecule has 0 aliphatic carbocycles. The lowest BCUT2D eigenvalue weighted by Crippen LogP contribution is -1.98. The second-order valence-corrected chi connectivity index (χ2v) is 5.89. The molecule has 0 N–H and O–H groups in total. The highest BCUT2D eigenvalue weighted by Crippen LogP contribution is 2.35. The van der Waals surface area contributed by atoms with E-state index >= 15 is 0 Å². The molecule has 0 unspecified atom stereocenters. The Balaban J connectivity index is 1.53. The van der Waals surface area contributed by atoms with E-state index in [1.807, 2.05) is 30.3 Å². The predicted octanol–water partition coefficient (Wildman–Crippen LogP) is 5.02. The number of ketones is 1. The third-order valence-corrected chi connectivity index (χ3v) is 4.09. The van der Waals surface area contributed by atoms with Crippen molar-refractivity contribution in [1.82, 2.24) is 0 Å². The Morgan fingerprint density at radius 2 is 1.73 bits per heavy atom. The van der Waals surface area contributed by atoms with Crippen LogP contribution in [0.1, 0.15) is 21.5 Å². The molecule has 0 aromatic heterocycles. The summed E-state index contributed by atoms with van der Waals surface area (Å²) in [6.07, 6.45) is 1.71. The number of fused-ring (bicyclic) bond motifs is 1. The minimum Gasteiger partial charge on any atom is -0.489 e. The molecule has 26 heavy (non-hydrogen) atoms. The van der Waals surface area contributed by atoms with Gasteiger partial charge in [-0.05, 0) is 29.8 Å². The van der Waals surface area contributed by atoms with Crippen LogP contribution >= 0.6 is 0 Å². The zero-order valence-corrected chi connectivity index (χ0v) is 13.8. The molecule has 0 fully saturated rings. The lowest BCUT2D eigenvalue weighted by atomic mass is 10.1. The lowest BCUT2D eigenvalue weighted by molar-refractivity contribution is 0.101. The van der Waals surface area contributed by atoms with Gasteiger partial charge in [0.15, 0.2) is 5.76 Å². The van der Waals surface area contributed by atoms with Crippen LogP contribution in [0.5, 0.6) is 11.5 Å². The highest BCUT2D eigenvalue weighted by Gasteiger charge is 2.27. The molecule has 0 saturated carbocycles. The average Bonchev–Trinajstić information content (AvgIpc) is 2.97. The van der Waals surface area contributed by atoms with E-state index in [4.69, 9.17) is 9.47 Å². The van der Waals surface area contributed by atoms with Crippen molar-refractivity contribution in [3.8, 4) is 11.5 Å². The number of carbonyl (C=O) groups is 1. The summed E-state index contributed by atoms with van der Waals surface area (Å²) in [7, 11) is 0. The van der Waals surface area contributed by atoms with Crippen LogP contribution in [-0.4, -0.2) is 5.78 Å². The number of ether oxygens (including phenoxy) is 2. The Bertz CT molecular complexity index is 993. The molecule has 1 aliphatic rings. The molecule has 3 nitrogen and oxygen atoms in total. The molecule has 128 valence electrons. The normalized spacial score (nSPS) is 14.2. The van der Waals surface area contributed by atoms with Crippen molar-refractivity contribution >= 4 is 11.9 Å². The molecule has 1 heterocycles. The van der Waals surface area contributed by atoms with Gasteiger partial charge in [-0.1, -0.05) is 48.5 Å². The maximum Gasteiger partial charge on any atom is 0.231 e. The van der Waals surface area contributed by atoms with E-state index < -0.39 is 0 Å². The van der Waals surface area contributed by atoms with Crippen LogP contribution in [0.4, 0.5) is 4.39 Å². The third-order valence-electron chi connectivity index (χ3n) is 4.09. The van der Waals surface area contributed by atoms with E-state index in [1.165, 1.54) is 6.07 Å². The Morgan fingerprint density at radius 1 is 0.962 bits per heavy atom. The summed E-state index contributed by atoms with van der Waals surface area (Å²) in [6, 6.07) is 21.0. The number of halogens is 1. The van der Waals surface area contributed by atoms with Gasteiger partial charge in [-0.25, -0.2) is 4.39 Å². The van der Waals surface area contributed by atoms with Gasteiger partial charge in [0.05, 0.1) is 5.56 Å². The van der Waals surface area contributed by atoms with E-state index in [-0.39, 0.29) is 24.0 Å². The van der Waals surface area contributed by atoms with Gasteiger partial charge in [-0.3, -0.25) is 4.79 Å². The van der Waals surface area contributed by atoms with Crippen molar-refractivity contribution in [2.45, 2.75) is 6.61 Å². The Kier molecular flexibility index (Phi) is 4.23. The van der Waals surface area contributed by atoms with Gasteiger partial charge >= 0.3 is 0 Å². The quantitative estimate of drug-likeness (QED) is 0.622. The van der Waals surface area contributed by atoms with Crippen LogP contribution in [0, 0.1) is 5.82 Å². The molecule has 0 amide bonds. The first-order valence-corrected chi connectivity index (χ1v) is 8.20. The highest BCUT2D eigenvalue weighted by atomic mass is 19.1. The van der Waals surface area contributed by atoms with E-state index in [1.54, 1.807) is 42.5 Å². The Morgan fingerprint density at radius 3 is 2.54 bits per heavy atom. The highest BCUT2D eigenvalue weighted by molar-refractivity contribution is 6.14. The van der Waals surface area contributed by atoms with Crippen LogP contribution < -0.4 is 9.47 Å². The number of carbonyl (C=O) groups excluding carboxylic acids is 1. The molecule has 4 heteroatoms. The summed E-state index contributed by atoms with van der Waals surface area (Å²) in [5.74, 6) is 0.763. The van der Waals surface area contributed by atoms with Gasteiger partial charge in [-0.15, -0.1) is 0 Å². The van der Waals surface area contributed by atoms with Crippen molar-refractivity contribution in [3.05, 3.63) is 101 Å². The number of hydrogen-bond acceptors (Lipinski definition) is 3. The van der Waals surface area contributed by atoms with Crippen LogP contribution in [0.3, 0.4) is 0 Å². The van der Waals surface area contributed by atoms with Crippen molar-refractivity contribution < 1.29 is 18.7 Å². The lowest BCUT2D eigenvalue weighted by Gasteiger charge is -2.08. The van der Waals surface area contributed by atoms with Crippen LogP contribution in [0.2, 0.25) is 0 Å². The molecule has 0 bridgehead atoms. The van der Waals surface area contributed by atoms with E-state index in [0.717, 1.165) is 5.56 Å². The van der Waals surface area contributed by atoms with Crippen molar-refractivity contribution in [1.29, 1.82) is 0 Å². The predicted molar refractivity (Wildman–Crippen MR) is 96.6 cm³/mol. The molecule has 0 radical (unpaired) electrons. The SMILES string of the molecule is O=C1/C(=C/c2ccccc2)Oc2cc(OCc3ccccc3F)ccc21. The van der Waals surface area contributed by atoms with Gasteiger partial charge in [0.1, 0.15) is 23.9 Å². The van der Waals surface area contributed by atoms with Crippen LogP contribution in [-0.2, 0) is 6.61 Å². The first-order valence-electron chi connectivity index (χ1n) is 8.20. The molecule has 1 aliphatic heterocycles. The average molecular weight is 346 g/mol. The Hall–Kier alpha value is -3.40. The molecule has 0 atom stereocenters. The fourth-order valence-electron chi connectivity index (χ4n) is 2.73. The monoisotopic (exact) mass is 346 g/mol. The second kappa shape index (κ2) is 6.84. The van der Waals surface area contributed by atoms with E-state index in [9.17, 15) is 9.18 Å². The number of benzene rings is 3. The number of Topliss-reactive ketones (excluding diaryl/α,β-unsaturated/α-hetero) is 1. The third kappa shape index (κ3) is 3.22. The summed E-state index contributed by atoms with van der Waals surface area (Å²) in [6.45, 7) is 0.103. The summed E-state index contributed by atoms with van der Waals surface area (Å²) >= 11 is 0. The standard InChI is InChI=1S/C22H15FO3/c23-19-9-5-4-8-16(19)14-25-17-10-11-18-20(13-17)26-21(22(18)24)12-15-6-2-1-3-7-15/h1-13H,14H2/b21-12-. The van der Waals surface area contributed by atoms with Crippen molar-refractivity contribution in [2.75, 3.05) is 0 Å². The zero-order chi connectivity index (χ0) is 17.9. The molecule has 0 spiro atoms. The van der Waals surface area contributed by atoms with Gasteiger partial charge < -0.3 is 9.47 Å².